The molecular weight excluding hydrogens is 506 g/mol. The third kappa shape index (κ3) is 7.47. The minimum absolute atomic E-state index is 0.162. The molecule has 11 heteroatoms. The number of hydrogen-bond acceptors (Lipinski definition) is 5. The van der Waals surface area contributed by atoms with Gasteiger partial charge in [-0.3, -0.25) is 23.8 Å². The number of hydrogen-bond donors (Lipinski definition) is 3. The van der Waals surface area contributed by atoms with Crippen molar-refractivity contribution in [1.29, 1.82) is 0 Å². The number of primary amides is 1. The lowest BCUT2D eigenvalue weighted by atomic mass is 9.83. The number of carbonyl (C=O) groups excluding carboxylic acids is 3. The van der Waals surface area contributed by atoms with Crippen LogP contribution in [0.25, 0.3) is 0 Å². The quantitative estimate of drug-likeness (QED) is 0.382. The molecule has 1 aliphatic rings. The molecule has 4 N–H and O–H groups in total. The number of fused-ring (bicyclic) bond motifs is 1. The van der Waals surface area contributed by atoms with Gasteiger partial charge in [0.05, 0.1) is 19.0 Å². The SMILES string of the molecule is NC(=O)[C@@H](CCCF)[C@@H](CCC(F)(F)F)C(=O)N[C@H]1N=C(c2ccccc2)c2ccc(CO)cc2CC1=O. The summed E-state index contributed by atoms with van der Waals surface area (Å²) in [6.45, 7) is -1.09. The zero-order valence-electron chi connectivity index (χ0n) is 20.5. The van der Waals surface area contributed by atoms with Crippen LogP contribution in [0.3, 0.4) is 0 Å². The number of amides is 2. The molecule has 3 atom stereocenters. The van der Waals surface area contributed by atoms with Gasteiger partial charge in [-0.05, 0) is 30.4 Å². The first-order valence-corrected chi connectivity index (χ1v) is 12.2. The number of carbonyl (C=O) groups is 3. The van der Waals surface area contributed by atoms with E-state index in [9.17, 15) is 37.1 Å². The second-order valence-electron chi connectivity index (χ2n) is 9.15. The number of nitrogens with zero attached hydrogens (tertiary/aromatic N) is 1. The van der Waals surface area contributed by atoms with Gasteiger partial charge in [0.25, 0.3) is 0 Å². The molecule has 38 heavy (non-hydrogen) atoms. The normalized spacial score (nSPS) is 17.1. The van der Waals surface area contributed by atoms with E-state index >= 15 is 0 Å². The van der Waals surface area contributed by atoms with Crippen LogP contribution in [0.1, 0.15) is 47.9 Å². The standard InChI is InChI=1S/C27H29F4N3O4/c28-12-4-7-20(24(32)37)21(10-11-27(29,30)31)26(38)34-25-22(36)14-18-13-16(15-35)8-9-19(18)23(33-25)17-5-2-1-3-6-17/h1-3,5-6,8-9,13,20-21,25,35H,4,7,10-12,14-15H2,(H2,32,37)(H,34,38)/t20-,21+,25+/m0/s1. The van der Waals surface area contributed by atoms with Crippen molar-refractivity contribution in [2.45, 2.75) is 51.1 Å². The first-order valence-electron chi connectivity index (χ1n) is 12.2. The van der Waals surface area contributed by atoms with Crippen LogP contribution in [0.2, 0.25) is 0 Å². The van der Waals surface area contributed by atoms with Crippen LogP contribution in [0, 0.1) is 11.8 Å². The third-order valence-corrected chi connectivity index (χ3v) is 6.44. The molecule has 7 nitrogen and oxygen atoms in total. The largest absolute Gasteiger partial charge is 0.392 e. The number of nitrogens with one attached hydrogen (secondary N) is 1. The fourth-order valence-corrected chi connectivity index (χ4v) is 4.53. The van der Waals surface area contributed by atoms with Gasteiger partial charge in [-0.1, -0.05) is 48.5 Å². The van der Waals surface area contributed by atoms with E-state index in [1.165, 1.54) is 0 Å². The van der Waals surface area contributed by atoms with E-state index in [1.54, 1.807) is 48.5 Å². The molecule has 0 saturated heterocycles. The molecule has 0 bridgehead atoms. The number of alkyl halides is 4. The average molecular weight is 536 g/mol. The van der Waals surface area contributed by atoms with E-state index in [4.69, 9.17) is 5.73 Å². The number of ketones is 1. The molecule has 0 saturated carbocycles. The number of benzene rings is 2. The molecule has 0 aromatic heterocycles. The van der Waals surface area contributed by atoms with Gasteiger partial charge in [-0.15, -0.1) is 0 Å². The summed E-state index contributed by atoms with van der Waals surface area (Å²) in [6, 6.07) is 13.8. The van der Waals surface area contributed by atoms with Crippen LogP contribution in [-0.4, -0.2) is 47.4 Å². The van der Waals surface area contributed by atoms with E-state index in [0.29, 0.717) is 28.0 Å². The first kappa shape index (κ1) is 29.0. The van der Waals surface area contributed by atoms with Crippen LogP contribution in [0.5, 0.6) is 0 Å². The summed E-state index contributed by atoms with van der Waals surface area (Å²) in [7, 11) is 0. The molecule has 1 aliphatic heterocycles. The average Bonchev–Trinajstić information content (AvgIpc) is 3.01. The van der Waals surface area contributed by atoms with Gasteiger partial charge >= 0.3 is 6.18 Å². The van der Waals surface area contributed by atoms with E-state index in [-0.39, 0.29) is 25.9 Å². The number of Topliss-reactive ketones (excluding diaryl/α,β-unsaturated/α-hetero) is 1. The Labute approximate surface area is 217 Å². The van der Waals surface area contributed by atoms with Crippen molar-refractivity contribution < 1.29 is 37.1 Å². The van der Waals surface area contributed by atoms with Crippen molar-refractivity contribution in [2.75, 3.05) is 6.67 Å². The van der Waals surface area contributed by atoms with E-state index in [2.05, 4.69) is 10.3 Å². The fourth-order valence-electron chi connectivity index (χ4n) is 4.53. The Kier molecular flexibility index (Phi) is 9.73. The molecule has 1 heterocycles. The molecule has 2 aromatic carbocycles. The highest BCUT2D eigenvalue weighted by Crippen LogP contribution is 2.30. The number of aliphatic imine (C=N–C) groups is 1. The smallest absolute Gasteiger partial charge is 0.389 e. The van der Waals surface area contributed by atoms with Gasteiger partial charge < -0.3 is 16.2 Å². The minimum Gasteiger partial charge on any atom is -0.392 e. The van der Waals surface area contributed by atoms with Gasteiger partial charge in [0.2, 0.25) is 11.8 Å². The zero-order chi connectivity index (χ0) is 27.9. The van der Waals surface area contributed by atoms with Crippen LogP contribution in [-0.2, 0) is 27.4 Å². The van der Waals surface area contributed by atoms with Crippen molar-refractivity contribution >= 4 is 23.3 Å². The number of nitrogens with two attached hydrogens (primary N) is 1. The summed E-state index contributed by atoms with van der Waals surface area (Å²) in [5.74, 6) is -5.43. The molecule has 0 fully saturated rings. The minimum atomic E-state index is -4.61. The molecule has 204 valence electrons. The Balaban J connectivity index is 1.99. The maximum Gasteiger partial charge on any atom is 0.389 e. The predicted octanol–water partition coefficient (Wildman–Crippen LogP) is 3.39. The highest BCUT2D eigenvalue weighted by atomic mass is 19.4. The lowest BCUT2D eigenvalue weighted by molar-refractivity contribution is -0.146. The van der Waals surface area contributed by atoms with Crippen LogP contribution in [0.4, 0.5) is 17.6 Å². The Bertz CT molecular complexity index is 1180. The molecular formula is C27H29F4N3O4. The van der Waals surface area contributed by atoms with E-state index in [0.717, 1.165) is 0 Å². The summed E-state index contributed by atoms with van der Waals surface area (Å²) in [4.78, 5) is 43.0. The van der Waals surface area contributed by atoms with Gasteiger partial charge in [0.1, 0.15) is 0 Å². The van der Waals surface area contributed by atoms with Crippen molar-refractivity contribution in [2.24, 2.45) is 22.6 Å². The number of rotatable bonds is 11. The zero-order valence-corrected chi connectivity index (χ0v) is 20.5. The summed E-state index contributed by atoms with van der Waals surface area (Å²) in [5.41, 5.74) is 8.12. The monoisotopic (exact) mass is 535 g/mol. The number of aliphatic hydroxyl groups excluding tert-OH is 1. The Hall–Kier alpha value is -3.60. The van der Waals surface area contributed by atoms with Gasteiger partial charge in [-0.25, -0.2) is 0 Å². The predicted molar refractivity (Wildman–Crippen MR) is 132 cm³/mol. The molecule has 0 aliphatic carbocycles. The van der Waals surface area contributed by atoms with Crippen molar-refractivity contribution in [1.82, 2.24) is 5.32 Å². The summed E-state index contributed by atoms with van der Waals surface area (Å²) >= 11 is 0. The summed E-state index contributed by atoms with van der Waals surface area (Å²) in [6.07, 6.45) is -8.72. The van der Waals surface area contributed by atoms with E-state index in [1.807, 2.05) is 0 Å². The lowest BCUT2D eigenvalue weighted by Crippen LogP contribution is -2.47. The molecule has 0 unspecified atom stereocenters. The van der Waals surface area contributed by atoms with Gasteiger partial charge in [0.15, 0.2) is 11.9 Å². The highest BCUT2D eigenvalue weighted by Gasteiger charge is 2.38. The van der Waals surface area contributed by atoms with Crippen LogP contribution in [0.15, 0.2) is 53.5 Å². The fraction of sp³-hybridized carbons (Fsp3) is 0.407. The Morgan fingerprint density at radius 1 is 1.11 bits per heavy atom. The topological polar surface area (TPSA) is 122 Å². The maximum absolute atomic E-state index is 13.3. The third-order valence-electron chi connectivity index (χ3n) is 6.44. The van der Waals surface area contributed by atoms with Crippen molar-refractivity contribution in [3.63, 3.8) is 0 Å². The molecule has 0 spiro atoms. The Morgan fingerprint density at radius 2 is 1.82 bits per heavy atom. The van der Waals surface area contributed by atoms with Gasteiger partial charge in [0, 0.05) is 35.8 Å². The maximum atomic E-state index is 13.3. The molecule has 2 aromatic rings. The van der Waals surface area contributed by atoms with Gasteiger partial charge in [-0.2, -0.15) is 13.2 Å². The van der Waals surface area contributed by atoms with E-state index < -0.39 is 61.3 Å². The molecule has 2 amide bonds. The molecule has 3 rings (SSSR count). The van der Waals surface area contributed by atoms with Crippen molar-refractivity contribution in [3.05, 3.63) is 70.8 Å². The van der Waals surface area contributed by atoms with Crippen LogP contribution >= 0.6 is 0 Å². The number of aliphatic hydroxyl groups is 1. The van der Waals surface area contributed by atoms with Crippen LogP contribution < -0.4 is 11.1 Å². The second kappa shape index (κ2) is 12.8. The summed E-state index contributed by atoms with van der Waals surface area (Å²) in [5, 5.41) is 12.0. The first-order chi connectivity index (χ1) is 18.0. The number of halogens is 4. The highest BCUT2D eigenvalue weighted by molar-refractivity contribution is 6.16. The molecule has 0 radical (unpaired) electrons. The Morgan fingerprint density at radius 3 is 2.42 bits per heavy atom. The second-order valence-corrected chi connectivity index (χ2v) is 9.15. The lowest BCUT2D eigenvalue weighted by Gasteiger charge is -2.26. The van der Waals surface area contributed by atoms with Crippen molar-refractivity contribution in [3.8, 4) is 0 Å². The summed E-state index contributed by atoms with van der Waals surface area (Å²) < 4.78 is 51.9.